The maximum Gasteiger partial charge on any atom is 0.330 e. The third-order valence-corrected chi connectivity index (χ3v) is 7.03. The molecule has 15 nitrogen and oxygen atoms in total. The minimum absolute atomic E-state index is 0.0731. The fourth-order valence-corrected chi connectivity index (χ4v) is 4.44. The summed E-state index contributed by atoms with van der Waals surface area (Å²) < 4.78 is 27.4. The van der Waals surface area contributed by atoms with Gasteiger partial charge in [0.1, 0.15) is 42.7 Å². The van der Waals surface area contributed by atoms with E-state index in [1.807, 2.05) is 0 Å². The first-order valence-corrected chi connectivity index (χ1v) is 13.2. The summed E-state index contributed by atoms with van der Waals surface area (Å²) in [5.74, 6) is -2.22. The van der Waals surface area contributed by atoms with Gasteiger partial charge in [0.05, 0.1) is 19.8 Å². The number of phenolic OH excluding ortho intramolecular Hbond substituents is 4. The van der Waals surface area contributed by atoms with Crippen molar-refractivity contribution in [3.05, 3.63) is 53.6 Å². The van der Waals surface area contributed by atoms with Crippen LogP contribution in [0.25, 0.3) is 6.08 Å². The van der Waals surface area contributed by atoms with E-state index in [1.54, 1.807) is 6.07 Å². The molecule has 2 fully saturated rings. The van der Waals surface area contributed by atoms with Gasteiger partial charge in [0, 0.05) is 6.08 Å². The summed E-state index contributed by atoms with van der Waals surface area (Å²) in [6.07, 6.45) is -8.39. The lowest BCUT2D eigenvalue weighted by molar-refractivity contribution is -0.329. The molecule has 0 saturated carbocycles. The van der Waals surface area contributed by atoms with Gasteiger partial charge in [-0.25, -0.2) is 4.79 Å². The lowest BCUT2D eigenvalue weighted by Gasteiger charge is -2.43. The predicted octanol–water partition coefficient (Wildman–Crippen LogP) is -1.40. The van der Waals surface area contributed by atoms with E-state index in [2.05, 4.69) is 0 Å². The minimum Gasteiger partial charge on any atom is -0.504 e. The van der Waals surface area contributed by atoms with Gasteiger partial charge in [0.25, 0.3) is 0 Å². The number of ether oxygens (including phenoxy) is 5. The molecule has 0 bridgehead atoms. The number of carbonyl (C=O) groups is 1. The molecule has 2 heterocycles. The zero-order chi connectivity index (χ0) is 31.3. The summed E-state index contributed by atoms with van der Waals surface area (Å²) >= 11 is 0. The average molecular weight is 611 g/mol. The summed E-state index contributed by atoms with van der Waals surface area (Å²) in [4.78, 5) is 12.3. The fourth-order valence-electron chi connectivity index (χ4n) is 4.44. The number of aliphatic hydroxyl groups excluding tert-OH is 4. The topological polar surface area (TPSA) is 245 Å². The van der Waals surface area contributed by atoms with Crippen molar-refractivity contribution in [2.45, 2.75) is 55.1 Å². The zero-order valence-electron chi connectivity index (χ0n) is 22.7. The number of aromatic hydroxyl groups is 4. The van der Waals surface area contributed by atoms with Gasteiger partial charge in [-0.05, 0) is 47.9 Å². The highest BCUT2D eigenvalue weighted by molar-refractivity contribution is 5.87. The van der Waals surface area contributed by atoms with Gasteiger partial charge in [-0.2, -0.15) is 0 Å². The van der Waals surface area contributed by atoms with Crippen molar-refractivity contribution in [1.82, 2.24) is 0 Å². The Morgan fingerprint density at radius 1 is 0.953 bits per heavy atom. The van der Waals surface area contributed by atoms with E-state index in [9.17, 15) is 50.8 Å². The SMILES string of the molecule is O=C(C=Cc1ccc(O)c(O)c1)OC[C@H]1O[C@@H](OCCc2ccc(O)c(O)c2)[C@H](O)[C@@H](O[C@@H]2OC[C@](O)(CO)[C@H]2O)[C@@H]1O. The Morgan fingerprint density at radius 3 is 2.30 bits per heavy atom. The second-order valence-electron chi connectivity index (χ2n) is 10.2. The number of hydrogen-bond acceptors (Lipinski definition) is 15. The Labute approximate surface area is 245 Å². The molecule has 0 amide bonds. The second kappa shape index (κ2) is 13.9. The minimum atomic E-state index is -2.03. The fraction of sp³-hybridized carbons (Fsp3) is 0.464. The third kappa shape index (κ3) is 7.72. The van der Waals surface area contributed by atoms with Crippen LogP contribution in [0.2, 0.25) is 0 Å². The van der Waals surface area contributed by atoms with Crippen LogP contribution in [0, 0.1) is 0 Å². The van der Waals surface area contributed by atoms with Crippen molar-refractivity contribution < 1.29 is 74.4 Å². The van der Waals surface area contributed by atoms with Crippen molar-refractivity contribution in [2.24, 2.45) is 0 Å². The molecule has 2 aromatic rings. The molecular weight excluding hydrogens is 576 g/mol. The molecule has 15 heteroatoms. The smallest absolute Gasteiger partial charge is 0.330 e. The summed E-state index contributed by atoms with van der Waals surface area (Å²) in [7, 11) is 0. The highest BCUT2D eigenvalue weighted by Gasteiger charge is 2.53. The highest BCUT2D eigenvalue weighted by Crippen LogP contribution is 2.32. The summed E-state index contributed by atoms with van der Waals surface area (Å²) in [6.45, 7) is -1.95. The summed E-state index contributed by atoms with van der Waals surface area (Å²) in [5.41, 5.74) is -1.07. The van der Waals surface area contributed by atoms with Crippen LogP contribution in [-0.4, -0.2) is 127 Å². The first kappa shape index (κ1) is 32.4. The molecule has 2 aliphatic heterocycles. The molecule has 8 atom stereocenters. The number of carbonyl (C=O) groups excluding carboxylic acids is 1. The molecule has 0 radical (unpaired) electrons. The van der Waals surface area contributed by atoms with Crippen LogP contribution in [0.3, 0.4) is 0 Å². The van der Waals surface area contributed by atoms with Crippen LogP contribution < -0.4 is 0 Å². The van der Waals surface area contributed by atoms with Crippen molar-refractivity contribution in [2.75, 3.05) is 26.4 Å². The molecule has 2 saturated heterocycles. The quantitative estimate of drug-likeness (QED) is 0.0806. The number of aliphatic hydroxyl groups is 5. The van der Waals surface area contributed by atoms with Gasteiger partial charge in [0.2, 0.25) is 0 Å². The molecule has 43 heavy (non-hydrogen) atoms. The van der Waals surface area contributed by atoms with Crippen LogP contribution >= 0.6 is 0 Å². The maximum absolute atomic E-state index is 12.3. The number of hydrogen-bond donors (Lipinski definition) is 9. The Bertz CT molecular complexity index is 1280. The monoisotopic (exact) mass is 610 g/mol. The van der Waals surface area contributed by atoms with Crippen LogP contribution in [0.5, 0.6) is 23.0 Å². The highest BCUT2D eigenvalue weighted by atomic mass is 16.7. The second-order valence-corrected chi connectivity index (χ2v) is 10.2. The van der Waals surface area contributed by atoms with Crippen molar-refractivity contribution in [1.29, 1.82) is 0 Å². The van der Waals surface area contributed by atoms with Gasteiger partial charge in [0.15, 0.2) is 35.6 Å². The van der Waals surface area contributed by atoms with E-state index in [-0.39, 0.29) is 36.0 Å². The number of benzene rings is 2. The molecule has 0 unspecified atom stereocenters. The van der Waals surface area contributed by atoms with Gasteiger partial charge in [-0.15, -0.1) is 0 Å². The van der Waals surface area contributed by atoms with Gasteiger partial charge in [-0.3, -0.25) is 0 Å². The third-order valence-electron chi connectivity index (χ3n) is 7.03. The molecule has 9 N–H and O–H groups in total. The van der Waals surface area contributed by atoms with Crippen molar-refractivity contribution >= 4 is 12.0 Å². The van der Waals surface area contributed by atoms with Crippen LogP contribution in [0.4, 0.5) is 0 Å². The molecule has 236 valence electrons. The Morgan fingerprint density at radius 2 is 1.65 bits per heavy atom. The molecule has 2 aliphatic rings. The van der Waals surface area contributed by atoms with E-state index in [0.29, 0.717) is 11.1 Å². The Kier molecular flexibility index (Phi) is 10.4. The van der Waals surface area contributed by atoms with Gasteiger partial charge < -0.3 is 69.6 Å². The van der Waals surface area contributed by atoms with E-state index >= 15 is 0 Å². The van der Waals surface area contributed by atoms with Crippen molar-refractivity contribution in [3.63, 3.8) is 0 Å². The predicted molar refractivity (Wildman–Crippen MR) is 143 cm³/mol. The average Bonchev–Trinajstić information content (AvgIpc) is 3.27. The first-order chi connectivity index (χ1) is 20.4. The van der Waals surface area contributed by atoms with Crippen molar-refractivity contribution in [3.8, 4) is 23.0 Å². The molecule has 0 aromatic heterocycles. The number of phenols is 4. The summed E-state index contributed by atoms with van der Waals surface area (Å²) in [5, 5.41) is 90.1. The first-order valence-electron chi connectivity index (χ1n) is 13.2. The lowest BCUT2D eigenvalue weighted by atomic mass is 9.98. The molecule has 0 aliphatic carbocycles. The van der Waals surface area contributed by atoms with Gasteiger partial charge in [-0.1, -0.05) is 12.1 Å². The standard InChI is InChI=1S/C28H34O15/c29-12-28(38)13-41-27(25(28)37)43-24-22(35)20(11-40-21(34)6-3-14-1-4-16(30)18(32)9-14)42-26(23(24)36)39-8-7-15-2-5-17(31)19(33)10-15/h1-6,9-10,20,22-27,29-33,35-38H,7-8,11-13H2/t20-,22-,23-,24+,25+,26-,27+,28-/m1/s1. The number of esters is 1. The Hall–Kier alpha value is -3.51. The van der Waals surface area contributed by atoms with Crippen LogP contribution in [-0.2, 0) is 34.9 Å². The number of rotatable bonds is 11. The van der Waals surface area contributed by atoms with E-state index < -0.39 is 74.5 Å². The van der Waals surface area contributed by atoms with E-state index in [0.717, 1.165) is 6.08 Å². The molecule has 0 spiro atoms. The van der Waals surface area contributed by atoms with Crippen LogP contribution in [0.1, 0.15) is 11.1 Å². The zero-order valence-corrected chi connectivity index (χ0v) is 22.7. The normalized spacial score (nSPS) is 31.0. The molecule has 2 aromatic carbocycles. The van der Waals surface area contributed by atoms with E-state index in [1.165, 1.54) is 36.4 Å². The lowest BCUT2D eigenvalue weighted by Crippen LogP contribution is -2.62. The Balaban J connectivity index is 1.43. The molecular formula is C28H34O15. The molecule has 4 rings (SSSR count). The van der Waals surface area contributed by atoms with Crippen LogP contribution in [0.15, 0.2) is 42.5 Å². The summed E-state index contributed by atoms with van der Waals surface area (Å²) in [6, 6.07) is 8.05. The maximum atomic E-state index is 12.3. The van der Waals surface area contributed by atoms with E-state index in [4.69, 9.17) is 23.7 Å². The van der Waals surface area contributed by atoms with Gasteiger partial charge >= 0.3 is 5.97 Å². The largest absolute Gasteiger partial charge is 0.504 e.